The van der Waals surface area contributed by atoms with Crippen molar-refractivity contribution in [2.24, 2.45) is 0 Å². The van der Waals surface area contributed by atoms with E-state index < -0.39 is 10.8 Å². The number of nitrogen functional groups attached to an aromatic ring is 1. The van der Waals surface area contributed by atoms with Crippen LogP contribution in [0.15, 0.2) is 12.1 Å². The molecular weight excluding hydrogens is 250 g/mol. The first-order chi connectivity index (χ1) is 8.56. The van der Waals surface area contributed by atoms with Crippen LogP contribution in [0.2, 0.25) is 0 Å². The van der Waals surface area contributed by atoms with Crippen LogP contribution in [0.25, 0.3) is 0 Å². The van der Waals surface area contributed by atoms with Gasteiger partial charge in [-0.15, -0.1) is 0 Å². The highest BCUT2D eigenvalue weighted by atomic mass is 32.2. The number of hydrogen-bond donors (Lipinski definition) is 1. The highest BCUT2D eigenvalue weighted by molar-refractivity contribution is 7.85. The Morgan fingerprint density at radius 2 is 2.06 bits per heavy atom. The molecule has 5 nitrogen and oxygen atoms in total. The highest BCUT2D eigenvalue weighted by Gasteiger charge is 2.17. The lowest BCUT2D eigenvalue weighted by Gasteiger charge is -2.27. The second kappa shape index (κ2) is 5.56. The van der Waals surface area contributed by atoms with Crippen LogP contribution in [-0.2, 0) is 10.8 Å². The maximum absolute atomic E-state index is 11.3. The van der Waals surface area contributed by atoms with Gasteiger partial charge in [0.25, 0.3) is 0 Å². The van der Waals surface area contributed by atoms with E-state index in [9.17, 15) is 4.21 Å². The van der Waals surface area contributed by atoms with Gasteiger partial charge in [-0.2, -0.15) is 4.98 Å². The minimum atomic E-state index is -0.679. The van der Waals surface area contributed by atoms with E-state index in [-0.39, 0.29) is 6.10 Å². The van der Waals surface area contributed by atoms with Crippen LogP contribution in [0.4, 0.5) is 11.5 Å². The van der Waals surface area contributed by atoms with Crippen LogP contribution >= 0.6 is 0 Å². The molecule has 0 spiro atoms. The Morgan fingerprint density at radius 1 is 1.39 bits per heavy atom. The van der Waals surface area contributed by atoms with E-state index in [0.717, 1.165) is 18.9 Å². The average Bonchev–Trinajstić information content (AvgIpc) is 2.32. The van der Waals surface area contributed by atoms with Crippen LogP contribution in [-0.4, -0.2) is 39.9 Å². The smallest absolute Gasteiger partial charge is 0.239 e. The summed E-state index contributed by atoms with van der Waals surface area (Å²) in [6, 6.07) is 3.70. The average molecular weight is 269 g/mol. The minimum Gasteiger partial charge on any atom is -0.473 e. The number of ether oxygens (including phenoxy) is 1. The van der Waals surface area contributed by atoms with E-state index in [1.54, 1.807) is 0 Å². The van der Waals surface area contributed by atoms with E-state index in [1.165, 1.54) is 0 Å². The van der Waals surface area contributed by atoms with Crippen molar-refractivity contribution in [1.29, 1.82) is 0 Å². The van der Waals surface area contributed by atoms with E-state index in [2.05, 4.69) is 9.88 Å². The van der Waals surface area contributed by atoms with Gasteiger partial charge in [0.2, 0.25) is 5.88 Å². The molecule has 0 radical (unpaired) electrons. The van der Waals surface area contributed by atoms with Crippen LogP contribution in [0.5, 0.6) is 5.88 Å². The van der Waals surface area contributed by atoms with Gasteiger partial charge in [0.1, 0.15) is 5.82 Å². The van der Waals surface area contributed by atoms with Crippen molar-refractivity contribution in [2.45, 2.75) is 20.0 Å². The van der Waals surface area contributed by atoms with Crippen molar-refractivity contribution >= 4 is 22.3 Å². The predicted molar refractivity (Wildman–Crippen MR) is 74.5 cm³/mol. The third-order valence-corrected chi connectivity index (χ3v) is 4.00. The maximum Gasteiger partial charge on any atom is 0.239 e. The summed E-state index contributed by atoms with van der Waals surface area (Å²) in [7, 11) is -0.679. The summed E-state index contributed by atoms with van der Waals surface area (Å²) in [5, 5.41) is 0. The summed E-state index contributed by atoms with van der Waals surface area (Å²) in [6.45, 7) is 5.42. The molecule has 2 N–H and O–H groups in total. The number of nitrogens with two attached hydrogens (primary N) is 1. The summed E-state index contributed by atoms with van der Waals surface area (Å²) >= 11 is 0. The van der Waals surface area contributed by atoms with Crippen LogP contribution < -0.4 is 15.4 Å². The first-order valence-corrected chi connectivity index (χ1v) is 7.58. The molecule has 0 saturated carbocycles. The zero-order valence-electron chi connectivity index (χ0n) is 10.8. The molecule has 1 aliphatic heterocycles. The number of rotatable bonds is 3. The van der Waals surface area contributed by atoms with Gasteiger partial charge in [0, 0.05) is 35.4 Å². The third kappa shape index (κ3) is 3.13. The number of hydrogen-bond acceptors (Lipinski definition) is 5. The molecule has 0 amide bonds. The minimum absolute atomic E-state index is 0.0453. The van der Waals surface area contributed by atoms with Crippen molar-refractivity contribution in [1.82, 2.24) is 4.98 Å². The molecule has 2 heterocycles. The van der Waals surface area contributed by atoms with Gasteiger partial charge >= 0.3 is 0 Å². The van der Waals surface area contributed by atoms with Crippen LogP contribution in [0, 0.1) is 0 Å². The van der Waals surface area contributed by atoms with Crippen molar-refractivity contribution in [2.75, 3.05) is 35.2 Å². The summed E-state index contributed by atoms with van der Waals surface area (Å²) in [6.07, 6.45) is 0.0453. The lowest BCUT2D eigenvalue weighted by Crippen LogP contribution is -2.38. The molecule has 0 unspecified atom stereocenters. The SMILES string of the molecule is CC(C)Oc1nc(N2CCS(=O)CC2)ccc1N. The fourth-order valence-corrected chi connectivity index (χ4v) is 2.85. The van der Waals surface area contributed by atoms with Crippen LogP contribution in [0.3, 0.4) is 0 Å². The molecule has 0 aromatic carbocycles. The normalized spacial score (nSPS) is 17.2. The first-order valence-electron chi connectivity index (χ1n) is 6.09. The predicted octanol–water partition coefficient (Wildman–Crippen LogP) is 1.02. The second-order valence-corrected chi connectivity index (χ2v) is 6.26. The van der Waals surface area contributed by atoms with Gasteiger partial charge in [-0.05, 0) is 26.0 Å². The van der Waals surface area contributed by atoms with Crippen molar-refractivity contribution in [3.63, 3.8) is 0 Å². The Bertz CT molecular complexity index is 441. The Labute approximate surface area is 110 Å². The first kappa shape index (κ1) is 13.1. The molecule has 2 rings (SSSR count). The van der Waals surface area contributed by atoms with Gasteiger partial charge < -0.3 is 15.4 Å². The Hall–Kier alpha value is -1.30. The van der Waals surface area contributed by atoms with Gasteiger partial charge in [-0.1, -0.05) is 0 Å². The third-order valence-electron chi connectivity index (χ3n) is 2.72. The lowest BCUT2D eigenvalue weighted by molar-refractivity contribution is 0.234. The summed E-state index contributed by atoms with van der Waals surface area (Å²) < 4.78 is 16.9. The van der Waals surface area contributed by atoms with Crippen molar-refractivity contribution < 1.29 is 8.95 Å². The second-order valence-electron chi connectivity index (χ2n) is 4.57. The molecule has 18 heavy (non-hydrogen) atoms. The largest absolute Gasteiger partial charge is 0.473 e. The summed E-state index contributed by atoms with van der Waals surface area (Å²) in [5.74, 6) is 2.73. The molecule has 1 aromatic heterocycles. The molecular formula is C12H19N3O2S. The molecule has 0 bridgehead atoms. The molecule has 1 aromatic rings. The quantitative estimate of drug-likeness (QED) is 0.887. The Kier molecular flexibility index (Phi) is 4.06. The van der Waals surface area contributed by atoms with Gasteiger partial charge in [0.15, 0.2) is 0 Å². The van der Waals surface area contributed by atoms with E-state index in [4.69, 9.17) is 10.5 Å². The Morgan fingerprint density at radius 3 is 2.67 bits per heavy atom. The van der Waals surface area contributed by atoms with Crippen molar-refractivity contribution in [3.05, 3.63) is 12.1 Å². The fraction of sp³-hybridized carbons (Fsp3) is 0.583. The van der Waals surface area contributed by atoms with E-state index >= 15 is 0 Å². The highest BCUT2D eigenvalue weighted by Crippen LogP contribution is 2.24. The molecule has 1 saturated heterocycles. The number of pyridine rings is 1. The molecule has 0 aliphatic carbocycles. The van der Waals surface area contributed by atoms with E-state index in [0.29, 0.717) is 23.1 Å². The standard InChI is InChI=1S/C12H19N3O2S/c1-9(2)17-12-10(13)3-4-11(14-12)15-5-7-18(16)8-6-15/h3-4,9H,5-8,13H2,1-2H3. The monoisotopic (exact) mass is 269 g/mol. The molecule has 1 fully saturated rings. The van der Waals surface area contributed by atoms with Crippen LogP contribution in [0.1, 0.15) is 13.8 Å². The summed E-state index contributed by atoms with van der Waals surface area (Å²) in [4.78, 5) is 6.56. The zero-order chi connectivity index (χ0) is 13.1. The zero-order valence-corrected chi connectivity index (χ0v) is 11.6. The molecule has 100 valence electrons. The van der Waals surface area contributed by atoms with Gasteiger partial charge in [-0.25, -0.2) is 0 Å². The van der Waals surface area contributed by atoms with E-state index in [1.807, 2.05) is 26.0 Å². The number of anilines is 2. The van der Waals surface area contributed by atoms with Crippen molar-refractivity contribution in [3.8, 4) is 5.88 Å². The lowest BCUT2D eigenvalue weighted by atomic mass is 10.3. The van der Waals surface area contributed by atoms with Gasteiger partial charge in [0.05, 0.1) is 11.8 Å². The summed E-state index contributed by atoms with van der Waals surface area (Å²) in [5.41, 5.74) is 6.38. The Balaban J connectivity index is 2.16. The van der Waals surface area contributed by atoms with Gasteiger partial charge in [-0.3, -0.25) is 4.21 Å². The fourth-order valence-electron chi connectivity index (χ4n) is 1.80. The maximum atomic E-state index is 11.3. The number of nitrogens with zero attached hydrogens (tertiary/aromatic N) is 2. The molecule has 0 atom stereocenters. The number of aromatic nitrogens is 1. The molecule has 6 heteroatoms. The molecule has 1 aliphatic rings. The topological polar surface area (TPSA) is 68.5 Å².